The van der Waals surface area contributed by atoms with Crippen LogP contribution < -0.4 is 4.90 Å². The van der Waals surface area contributed by atoms with Crippen LogP contribution in [0.1, 0.15) is 34.6 Å². The van der Waals surface area contributed by atoms with Gasteiger partial charge in [-0.1, -0.05) is 12.1 Å². The predicted molar refractivity (Wildman–Crippen MR) is 101 cm³/mol. The standard InChI is InChI=1S/C20H25N3O3/c1-19(2,3)26-18(25)23-12-17(24)22(13-20(23,4)5)16-8-6-7-14-11-21-10-9-15(14)16/h6-11H,12-13H2,1-5H3. The molecule has 1 aromatic carbocycles. The van der Waals surface area contributed by atoms with Crippen LogP contribution in [0.5, 0.6) is 0 Å². The first-order valence-electron chi connectivity index (χ1n) is 8.72. The van der Waals surface area contributed by atoms with Gasteiger partial charge >= 0.3 is 6.09 Å². The van der Waals surface area contributed by atoms with Crippen LogP contribution in [0.4, 0.5) is 10.5 Å². The van der Waals surface area contributed by atoms with E-state index >= 15 is 0 Å². The highest BCUT2D eigenvalue weighted by atomic mass is 16.6. The van der Waals surface area contributed by atoms with Gasteiger partial charge in [0.1, 0.15) is 12.1 Å². The number of amides is 2. The number of aromatic nitrogens is 1. The summed E-state index contributed by atoms with van der Waals surface area (Å²) < 4.78 is 5.48. The molecule has 0 atom stereocenters. The number of pyridine rings is 1. The molecule has 2 amide bonds. The molecule has 3 rings (SSSR count). The van der Waals surface area contributed by atoms with Gasteiger partial charge in [0.15, 0.2) is 0 Å². The van der Waals surface area contributed by atoms with Crippen molar-refractivity contribution in [1.29, 1.82) is 0 Å². The molecule has 1 fully saturated rings. The lowest BCUT2D eigenvalue weighted by Gasteiger charge is -2.46. The highest BCUT2D eigenvalue weighted by Gasteiger charge is 2.43. The molecule has 0 unspecified atom stereocenters. The van der Waals surface area contributed by atoms with Crippen LogP contribution in [0.25, 0.3) is 10.8 Å². The SMILES string of the molecule is CC(C)(C)OC(=O)N1CC(=O)N(c2cccc3cnccc23)CC1(C)C. The van der Waals surface area contributed by atoms with Gasteiger partial charge < -0.3 is 9.64 Å². The fourth-order valence-corrected chi connectivity index (χ4v) is 3.18. The van der Waals surface area contributed by atoms with Crippen molar-refractivity contribution in [2.75, 3.05) is 18.0 Å². The monoisotopic (exact) mass is 355 g/mol. The molecule has 0 spiro atoms. The highest BCUT2D eigenvalue weighted by molar-refractivity contribution is 6.05. The van der Waals surface area contributed by atoms with Crippen molar-refractivity contribution >= 4 is 28.5 Å². The van der Waals surface area contributed by atoms with E-state index in [0.717, 1.165) is 16.5 Å². The van der Waals surface area contributed by atoms with E-state index in [2.05, 4.69) is 4.98 Å². The maximum atomic E-state index is 12.9. The first-order valence-corrected chi connectivity index (χ1v) is 8.72. The molecule has 26 heavy (non-hydrogen) atoms. The summed E-state index contributed by atoms with van der Waals surface area (Å²) in [5, 5.41) is 1.95. The summed E-state index contributed by atoms with van der Waals surface area (Å²) in [4.78, 5) is 32.8. The van der Waals surface area contributed by atoms with E-state index in [1.54, 1.807) is 17.3 Å². The molecule has 2 heterocycles. The molecule has 0 radical (unpaired) electrons. The van der Waals surface area contributed by atoms with Gasteiger partial charge in [-0.3, -0.25) is 14.7 Å². The van der Waals surface area contributed by atoms with Gasteiger partial charge in [0, 0.05) is 29.7 Å². The number of rotatable bonds is 1. The first kappa shape index (κ1) is 18.2. The normalized spacial score (nSPS) is 17.5. The Labute approximate surface area is 153 Å². The van der Waals surface area contributed by atoms with Crippen LogP contribution in [-0.4, -0.2) is 46.1 Å². The maximum Gasteiger partial charge on any atom is 0.411 e. The topological polar surface area (TPSA) is 62.7 Å². The summed E-state index contributed by atoms with van der Waals surface area (Å²) >= 11 is 0. The zero-order chi connectivity index (χ0) is 19.1. The van der Waals surface area contributed by atoms with E-state index in [1.165, 1.54) is 4.90 Å². The summed E-state index contributed by atoms with van der Waals surface area (Å²) in [5.74, 6) is -0.125. The second-order valence-corrected chi connectivity index (χ2v) is 8.23. The lowest BCUT2D eigenvalue weighted by atomic mass is 9.97. The van der Waals surface area contributed by atoms with E-state index in [4.69, 9.17) is 4.74 Å². The molecule has 1 aromatic heterocycles. The fourth-order valence-electron chi connectivity index (χ4n) is 3.18. The Balaban J connectivity index is 1.92. The van der Waals surface area contributed by atoms with Crippen molar-refractivity contribution in [2.45, 2.75) is 45.8 Å². The lowest BCUT2D eigenvalue weighted by Crippen LogP contribution is -2.64. The molecule has 0 bridgehead atoms. The number of anilines is 1. The summed E-state index contributed by atoms with van der Waals surface area (Å²) in [6.45, 7) is 9.74. The Hall–Kier alpha value is -2.63. The number of ether oxygens (including phenoxy) is 1. The summed E-state index contributed by atoms with van der Waals surface area (Å²) in [6.07, 6.45) is 3.04. The van der Waals surface area contributed by atoms with E-state index in [9.17, 15) is 9.59 Å². The summed E-state index contributed by atoms with van der Waals surface area (Å²) in [7, 11) is 0. The molecule has 6 nitrogen and oxygen atoms in total. The van der Waals surface area contributed by atoms with Gasteiger partial charge in [-0.05, 0) is 46.8 Å². The molecule has 6 heteroatoms. The lowest BCUT2D eigenvalue weighted by molar-refractivity contribution is -0.124. The molecule has 0 N–H and O–H groups in total. The van der Waals surface area contributed by atoms with E-state index < -0.39 is 17.2 Å². The minimum atomic E-state index is -0.601. The first-order chi connectivity index (χ1) is 12.1. The molecule has 2 aromatic rings. The van der Waals surface area contributed by atoms with Crippen molar-refractivity contribution < 1.29 is 14.3 Å². The van der Waals surface area contributed by atoms with Crippen LogP contribution >= 0.6 is 0 Å². The van der Waals surface area contributed by atoms with Gasteiger partial charge in [0.25, 0.3) is 0 Å². The van der Waals surface area contributed by atoms with Crippen molar-refractivity contribution in [3.8, 4) is 0 Å². The number of piperazine rings is 1. The van der Waals surface area contributed by atoms with Crippen molar-refractivity contribution in [1.82, 2.24) is 9.88 Å². The maximum absolute atomic E-state index is 12.9. The van der Waals surface area contributed by atoms with Crippen LogP contribution in [0.15, 0.2) is 36.7 Å². The molecule has 0 saturated carbocycles. The van der Waals surface area contributed by atoms with Crippen molar-refractivity contribution in [2.24, 2.45) is 0 Å². The summed E-state index contributed by atoms with van der Waals surface area (Å²) in [6, 6.07) is 7.73. The Morgan fingerprint density at radius 1 is 1.23 bits per heavy atom. The van der Waals surface area contributed by atoms with Gasteiger partial charge in [-0.15, -0.1) is 0 Å². The summed E-state index contributed by atoms with van der Waals surface area (Å²) in [5.41, 5.74) is -0.312. The van der Waals surface area contributed by atoms with Crippen LogP contribution in [0.3, 0.4) is 0 Å². The average molecular weight is 355 g/mol. The molecular formula is C20H25N3O3. The molecular weight excluding hydrogens is 330 g/mol. The van der Waals surface area contributed by atoms with Crippen LogP contribution in [0, 0.1) is 0 Å². The van der Waals surface area contributed by atoms with Crippen molar-refractivity contribution in [3.63, 3.8) is 0 Å². The minimum Gasteiger partial charge on any atom is -0.444 e. The molecule has 1 saturated heterocycles. The Morgan fingerprint density at radius 3 is 2.65 bits per heavy atom. The Morgan fingerprint density at radius 2 is 1.96 bits per heavy atom. The number of fused-ring (bicyclic) bond motifs is 1. The molecule has 1 aliphatic heterocycles. The van der Waals surface area contributed by atoms with E-state index in [-0.39, 0.29) is 12.5 Å². The zero-order valence-corrected chi connectivity index (χ0v) is 15.9. The number of nitrogens with zero attached hydrogens (tertiary/aromatic N) is 3. The largest absolute Gasteiger partial charge is 0.444 e. The van der Waals surface area contributed by atoms with E-state index in [0.29, 0.717) is 6.54 Å². The zero-order valence-electron chi connectivity index (χ0n) is 15.9. The van der Waals surface area contributed by atoms with Gasteiger partial charge in [0.2, 0.25) is 5.91 Å². The third-order valence-electron chi connectivity index (χ3n) is 4.43. The third-order valence-corrected chi connectivity index (χ3v) is 4.43. The van der Waals surface area contributed by atoms with Gasteiger partial charge in [-0.25, -0.2) is 4.79 Å². The van der Waals surface area contributed by atoms with Crippen LogP contribution in [0.2, 0.25) is 0 Å². The van der Waals surface area contributed by atoms with Crippen LogP contribution in [-0.2, 0) is 9.53 Å². The van der Waals surface area contributed by atoms with Gasteiger partial charge in [0.05, 0.1) is 11.2 Å². The van der Waals surface area contributed by atoms with E-state index in [1.807, 2.05) is 58.9 Å². The number of hydrogen-bond donors (Lipinski definition) is 0. The molecule has 138 valence electrons. The number of carbonyl (C=O) groups excluding carboxylic acids is 2. The highest BCUT2D eigenvalue weighted by Crippen LogP contribution is 2.32. The Kier molecular flexibility index (Phi) is 4.38. The number of benzene rings is 1. The minimum absolute atomic E-state index is 0.0105. The fraction of sp³-hybridized carbons (Fsp3) is 0.450. The smallest absolute Gasteiger partial charge is 0.411 e. The second-order valence-electron chi connectivity index (χ2n) is 8.23. The second kappa shape index (κ2) is 6.27. The average Bonchev–Trinajstić information content (AvgIpc) is 2.54. The third kappa shape index (κ3) is 3.49. The number of carbonyl (C=O) groups is 2. The van der Waals surface area contributed by atoms with Crippen molar-refractivity contribution in [3.05, 3.63) is 36.7 Å². The molecule has 1 aliphatic rings. The number of hydrogen-bond acceptors (Lipinski definition) is 4. The van der Waals surface area contributed by atoms with Gasteiger partial charge in [-0.2, -0.15) is 0 Å². The Bertz CT molecular complexity index is 849. The predicted octanol–water partition coefficient (Wildman–Crippen LogP) is 3.60. The molecule has 0 aliphatic carbocycles. The quantitative estimate of drug-likeness (QED) is 0.784.